The average Bonchev–Trinajstić information content (AvgIpc) is 3.31. The number of hydrogen-bond acceptors (Lipinski definition) is 7. The third kappa shape index (κ3) is 5.13. The van der Waals surface area contributed by atoms with Gasteiger partial charge in [0.1, 0.15) is 11.3 Å². The molecule has 40 heavy (non-hydrogen) atoms. The summed E-state index contributed by atoms with van der Waals surface area (Å²) in [5.41, 5.74) is 3.53. The molecule has 9 nitrogen and oxygen atoms in total. The van der Waals surface area contributed by atoms with Gasteiger partial charge in [-0.25, -0.2) is 19.7 Å². The predicted octanol–water partition coefficient (Wildman–Crippen LogP) is 5.98. The largest absolute Gasteiger partial charge is 0.476 e. The molecule has 0 spiro atoms. The first-order valence-electron chi connectivity index (χ1n) is 13.1. The summed E-state index contributed by atoms with van der Waals surface area (Å²) < 4.78 is 6.24. The molecule has 0 bridgehead atoms. The molecule has 1 aliphatic rings. The van der Waals surface area contributed by atoms with Crippen LogP contribution in [0.15, 0.2) is 47.0 Å². The Balaban J connectivity index is 1.46. The van der Waals surface area contributed by atoms with E-state index in [-0.39, 0.29) is 22.8 Å². The summed E-state index contributed by atoms with van der Waals surface area (Å²) in [6, 6.07) is 11.3. The Morgan fingerprint density at radius 1 is 1.07 bits per heavy atom. The van der Waals surface area contributed by atoms with Crippen LogP contribution >= 0.6 is 11.6 Å². The molecule has 4 aromatic rings. The highest BCUT2D eigenvalue weighted by atomic mass is 35.5. The van der Waals surface area contributed by atoms with E-state index in [0.717, 1.165) is 16.8 Å². The second-order valence-corrected chi connectivity index (χ2v) is 12.2. The third-order valence-electron chi connectivity index (χ3n) is 7.22. The van der Waals surface area contributed by atoms with Crippen molar-refractivity contribution in [1.82, 2.24) is 19.9 Å². The van der Waals surface area contributed by atoms with Crippen LogP contribution in [-0.4, -0.2) is 62.0 Å². The predicted molar refractivity (Wildman–Crippen MR) is 154 cm³/mol. The van der Waals surface area contributed by atoms with Crippen molar-refractivity contribution in [2.45, 2.75) is 52.5 Å². The Labute approximate surface area is 237 Å². The zero-order valence-electron chi connectivity index (χ0n) is 23.4. The number of furan rings is 1. The van der Waals surface area contributed by atoms with Gasteiger partial charge in [0.2, 0.25) is 0 Å². The summed E-state index contributed by atoms with van der Waals surface area (Å²) in [6.45, 7) is 13.5. The molecule has 1 fully saturated rings. The average molecular weight is 562 g/mol. The molecule has 0 unspecified atom stereocenters. The number of carboxylic acid groups (broad SMARTS) is 1. The maximum absolute atomic E-state index is 13.8. The van der Waals surface area contributed by atoms with Gasteiger partial charge in [0.15, 0.2) is 17.0 Å². The maximum Gasteiger partial charge on any atom is 0.356 e. The summed E-state index contributed by atoms with van der Waals surface area (Å²) in [5.74, 6) is -0.472. The quantitative estimate of drug-likeness (QED) is 0.323. The van der Waals surface area contributed by atoms with E-state index in [4.69, 9.17) is 21.0 Å². The Hall–Kier alpha value is -3.98. The minimum Gasteiger partial charge on any atom is -0.476 e. The number of halogens is 1. The standard InChI is InChI=1S/C30H32ClN5O4/c1-17-26(32-15-23(33-17)28(38)39)35-11-12-36(30(5,6)16-35)27(37)24-14-22-25(40-24)20(29(2,3)4)13-21(34-22)18-7-9-19(31)10-8-18/h7-10,13-15H,11-12,16H2,1-6H3,(H,38,39). The summed E-state index contributed by atoms with van der Waals surface area (Å²) in [5, 5.41) is 9.87. The molecule has 10 heteroatoms. The fourth-order valence-corrected chi connectivity index (χ4v) is 5.31. The summed E-state index contributed by atoms with van der Waals surface area (Å²) in [6.07, 6.45) is 1.27. The number of piperazine rings is 1. The van der Waals surface area contributed by atoms with E-state index in [9.17, 15) is 14.7 Å². The van der Waals surface area contributed by atoms with Gasteiger partial charge in [-0.2, -0.15) is 0 Å². The van der Waals surface area contributed by atoms with Gasteiger partial charge in [0.05, 0.1) is 23.1 Å². The molecular weight excluding hydrogens is 530 g/mol. The van der Waals surface area contributed by atoms with Gasteiger partial charge in [-0.1, -0.05) is 44.5 Å². The molecule has 208 valence electrons. The number of carbonyl (C=O) groups is 2. The number of carboxylic acids is 1. The van der Waals surface area contributed by atoms with Crippen molar-refractivity contribution >= 4 is 40.4 Å². The third-order valence-corrected chi connectivity index (χ3v) is 7.48. The second kappa shape index (κ2) is 9.89. The van der Waals surface area contributed by atoms with Crippen molar-refractivity contribution in [2.24, 2.45) is 0 Å². The Bertz CT molecular complexity index is 1620. The lowest BCUT2D eigenvalue weighted by molar-refractivity contribution is 0.0482. The van der Waals surface area contributed by atoms with Crippen LogP contribution in [0.4, 0.5) is 5.82 Å². The van der Waals surface area contributed by atoms with E-state index in [2.05, 4.69) is 30.7 Å². The first-order valence-corrected chi connectivity index (χ1v) is 13.5. The zero-order chi connectivity index (χ0) is 29.0. The van der Waals surface area contributed by atoms with Crippen molar-refractivity contribution in [2.75, 3.05) is 24.5 Å². The van der Waals surface area contributed by atoms with E-state index >= 15 is 0 Å². The highest BCUT2D eigenvalue weighted by molar-refractivity contribution is 6.30. The van der Waals surface area contributed by atoms with Crippen LogP contribution < -0.4 is 4.90 Å². The van der Waals surface area contributed by atoms with Gasteiger partial charge >= 0.3 is 5.97 Å². The molecule has 0 aliphatic carbocycles. The van der Waals surface area contributed by atoms with Crippen molar-refractivity contribution in [3.63, 3.8) is 0 Å². The Kier molecular flexibility index (Phi) is 6.82. The van der Waals surface area contributed by atoms with E-state index in [1.807, 2.05) is 54.0 Å². The number of pyridine rings is 1. The molecule has 0 saturated carbocycles. The number of benzene rings is 1. The van der Waals surface area contributed by atoms with Crippen LogP contribution in [0.25, 0.3) is 22.4 Å². The van der Waals surface area contributed by atoms with Gasteiger partial charge in [-0.3, -0.25) is 4.79 Å². The van der Waals surface area contributed by atoms with Crippen molar-refractivity contribution in [3.8, 4) is 11.3 Å². The van der Waals surface area contributed by atoms with Gasteiger partial charge in [-0.15, -0.1) is 0 Å². The fraction of sp³-hybridized carbons (Fsp3) is 0.367. The maximum atomic E-state index is 13.8. The molecule has 1 saturated heterocycles. The van der Waals surface area contributed by atoms with Crippen molar-refractivity contribution in [1.29, 1.82) is 0 Å². The normalized spacial score (nSPS) is 15.5. The highest BCUT2D eigenvalue weighted by Crippen LogP contribution is 2.36. The molecule has 1 aliphatic heterocycles. The second-order valence-electron chi connectivity index (χ2n) is 11.8. The van der Waals surface area contributed by atoms with E-state index in [1.54, 1.807) is 13.0 Å². The minimum atomic E-state index is -1.12. The van der Waals surface area contributed by atoms with Crippen LogP contribution in [0.2, 0.25) is 5.02 Å². The van der Waals surface area contributed by atoms with E-state index in [0.29, 0.717) is 47.3 Å². The van der Waals surface area contributed by atoms with Crippen LogP contribution in [0, 0.1) is 6.92 Å². The number of rotatable bonds is 4. The lowest BCUT2D eigenvalue weighted by atomic mass is 9.86. The SMILES string of the molecule is Cc1nc(C(=O)O)cnc1N1CCN(C(=O)c2cc3nc(-c4ccc(Cl)cc4)cc(C(C)(C)C)c3o2)C(C)(C)C1. The van der Waals surface area contributed by atoms with Gasteiger partial charge in [-0.05, 0) is 44.4 Å². The smallest absolute Gasteiger partial charge is 0.356 e. The molecular formula is C30H32ClN5O4. The molecule has 0 radical (unpaired) electrons. The zero-order valence-corrected chi connectivity index (χ0v) is 24.2. The summed E-state index contributed by atoms with van der Waals surface area (Å²) in [4.78, 5) is 42.3. The topological polar surface area (TPSA) is 113 Å². The molecule has 3 aromatic heterocycles. The van der Waals surface area contributed by atoms with Gasteiger partial charge in [0.25, 0.3) is 5.91 Å². The number of fused-ring (bicyclic) bond motifs is 1. The number of aromatic nitrogens is 3. The molecule has 5 rings (SSSR count). The molecule has 1 amide bonds. The number of anilines is 1. The van der Waals surface area contributed by atoms with Crippen LogP contribution in [-0.2, 0) is 5.41 Å². The van der Waals surface area contributed by atoms with Crippen molar-refractivity contribution in [3.05, 3.63) is 70.3 Å². The van der Waals surface area contributed by atoms with Crippen LogP contribution in [0.5, 0.6) is 0 Å². The van der Waals surface area contributed by atoms with Gasteiger partial charge in [0, 0.05) is 41.9 Å². The number of aromatic carboxylic acids is 1. The van der Waals surface area contributed by atoms with Gasteiger partial charge < -0.3 is 19.3 Å². The van der Waals surface area contributed by atoms with Crippen LogP contribution in [0.1, 0.15) is 66.9 Å². The number of nitrogens with zero attached hydrogens (tertiary/aromatic N) is 5. The summed E-state index contributed by atoms with van der Waals surface area (Å²) in [7, 11) is 0. The Morgan fingerprint density at radius 2 is 1.77 bits per heavy atom. The number of aryl methyl sites for hydroxylation is 1. The highest BCUT2D eigenvalue weighted by Gasteiger charge is 2.39. The van der Waals surface area contributed by atoms with Crippen LogP contribution in [0.3, 0.4) is 0 Å². The number of hydrogen-bond donors (Lipinski definition) is 1. The lowest BCUT2D eigenvalue weighted by Gasteiger charge is -2.47. The number of carbonyl (C=O) groups excluding carboxylic acids is 1. The monoisotopic (exact) mass is 561 g/mol. The first-order chi connectivity index (χ1) is 18.7. The van der Waals surface area contributed by atoms with E-state index in [1.165, 1.54) is 6.20 Å². The first kappa shape index (κ1) is 27.6. The molecule has 1 aromatic carbocycles. The summed E-state index contributed by atoms with van der Waals surface area (Å²) >= 11 is 6.09. The Morgan fingerprint density at radius 3 is 2.38 bits per heavy atom. The molecule has 1 N–H and O–H groups in total. The molecule has 4 heterocycles. The number of amides is 1. The lowest BCUT2D eigenvalue weighted by Crippen LogP contribution is -2.61. The minimum absolute atomic E-state index is 0.0957. The molecule has 0 atom stereocenters. The fourth-order valence-electron chi connectivity index (χ4n) is 5.19. The van der Waals surface area contributed by atoms with Crippen molar-refractivity contribution < 1.29 is 19.1 Å². The van der Waals surface area contributed by atoms with E-state index < -0.39 is 11.5 Å².